The number of nitrogens with two attached hydrogens (primary N) is 1. The summed E-state index contributed by atoms with van der Waals surface area (Å²) in [5.41, 5.74) is 9.02. The molecule has 19 heavy (non-hydrogen) atoms. The van der Waals surface area contributed by atoms with Crippen molar-refractivity contribution in [2.75, 3.05) is 17.6 Å². The van der Waals surface area contributed by atoms with E-state index in [0.29, 0.717) is 0 Å². The van der Waals surface area contributed by atoms with E-state index in [0.717, 1.165) is 22.4 Å². The van der Waals surface area contributed by atoms with E-state index in [9.17, 15) is 0 Å². The summed E-state index contributed by atoms with van der Waals surface area (Å²) in [6.45, 7) is 5.27. The molecule has 0 radical (unpaired) electrons. The van der Waals surface area contributed by atoms with Crippen LogP contribution in [0.3, 0.4) is 0 Å². The fraction of sp³-hybridized carbons (Fsp3) is 0.250. The summed E-state index contributed by atoms with van der Waals surface area (Å²) in [5.74, 6) is 0. The minimum atomic E-state index is 0.0162. The number of hydrogen-bond acceptors (Lipinski definition) is 2. The fourth-order valence-corrected chi connectivity index (χ4v) is 2.90. The molecule has 2 aromatic rings. The van der Waals surface area contributed by atoms with E-state index in [2.05, 4.69) is 53.3 Å². The van der Waals surface area contributed by atoms with Crippen molar-refractivity contribution in [3.8, 4) is 0 Å². The van der Waals surface area contributed by atoms with Crippen LogP contribution in [0.4, 0.5) is 11.4 Å². The van der Waals surface area contributed by atoms with Crippen molar-refractivity contribution in [3.63, 3.8) is 0 Å². The van der Waals surface area contributed by atoms with Crippen molar-refractivity contribution >= 4 is 27.3 Å². The molecule has 0 bridgehead atoms. The molecule has 0 aromatic heterocycles. The molecule has 3 heteroatoms. The van der Waals surface area contributed by atoms with E-state index >= 15 is 0 Å². The molecule has 0 spiro atoms. The van der Waals surface area contributed by atoms with Gasteiger partial charge in [0, 0.05) is 16.4 Å². The van der Waals surface area contributed by atoms with Gasteiger partial charge in [-0.1, -0.05) is 60.1 Å². The topological polar surface area (TPSA) is 38.0 Å². The number of benzene rings is 2. The minimum Gasteiger partial charge on any atom is -0.397 e. The van der Waals surface area contributed by atoms with Crippen molar-refractivity contribution in [3.05, 3.63) is 58.6 Å². The summed E-state index contributed by atoms with van der Waals surface area (Å²) >= 11 is 3.62. The first-order chi connectivity index (χ1) is 9.00. The van der Waals surface area contributed by atoms with E-state index in [-0.39, 0.29) is 5.41 Å². The number of para-hydroxylation sites is 2. The standard InChI is InChI=1S/C16H19BrN2/c1-16(2,12-7-3-4-8-13(12)17)11-19-15-10-6-5-9-14(15)18/h3-10,19H,11,18H2,1-2H3. The van der Waals surface area contributed by atoms with Crippen LogP contribution in [0.25, 0.3) is 0 Å². The van der Waals surface area contributed by atoms with Gasteiger partial charge in [0.25, 0.3) is 0 Å². The molecule has 0 amide bonds. The lowest BCUT2D eigenvalue weighted by Gasteiger charge is -2.27. The lowest BCUT2D eigenvalue weighted by atomic mass is 9.84. The molecule has 3 N–H and O–H groups in total. The molecule has 0 saturated heterocycles. The Kier molecular flexibility index (Phi) is 4.15. The van der Waals surface area contributed by atoms with Crippen LogP contribution in [-0.2, 0) is 5.41 Å². The maximum absolute atomic E-state index is 5.95. The largest absolute Gasteiger partial charge is 0.397 e. The Labute approximate surface area is 123 Å². The molecule has 2 rings (SSSR count). The number of hydrogen-bond donors (Lipinski definition) is 2. The molecular weight excluding hydrogens is 300 g/mol. The van der Waals surface area contributed by atoms with Crippen LogP contribution in [0.1, 0.15) is 19.4 Å². The van der Waals surface area contributed by atoms with Gasteiger partial charge in [-0.05, 0) is 23.8 Å². The number of nitrogens with one attached hydrogen (secondary N) is 1. The Morgan fingerprint density at radius 3 is 2.37 bits per heavy atom. The van der Waals surface area contributed by atoms with Crippen molar-refractivity contribution < 1.29 is 0 Å². The van der Waals surface area contributed by atoms with Gasteiger partial charge in [-0.25, -0.2) is 0 Å². The summed E-state index contributed by atoms with van der Waals surface area (Å²) in [6, 6.07) is 16.2. The molecule has 0 saturated carbocycles. The van der Waals surface area contributed by atoms with Gasteiger partial charge in [0.2, 0.25) is 0 Å². The number of anilines is 2. The van der Waals surface area contributed by atoms with E-state index in [4.69, 9.17) is 5.73 Å². The predicted octanol–water partition coefficient (Wildman–Crippen LogP) is 4.42. The molecule has 0 heterocycles. The SMILES string of the molecule is CC(C)(CNc1ccccc1N)c1ccccc1Br. The van der Waals surface area contributed by atoms with Crippen LogP contribution in [0.5, 0.6) is 0 Å². The summed E-state index contributed by atoms with van der Waals surface area (Å²) in [7, 11) is 0. The first kappa shape index (κ1) is 13.9. The van der Waals surface area contributed by atoms with Gasteiger partial charge in [-0.3, -0.25) is 0 Å². The number of rotatable bonds is 4. The van der Waals surface area contributed by atoms with Crippen molar-refractivity contribution in [1.29, 1.82) is 0 Å². The van der Waals surface area contributed by atoms with Crippen molar-refractivity contribution in [2.24, 2.45) is 0 Å². The van der Waals surface area contributed by atoms with Gasteiger partial charge in [0.1, 0.15) is 0 Å². The zero-order valence-corrected chi connectivity index (χ0v) is 12.9. The van der Waals surface area contributed by atoms with Crippen LogP contribution < -0.4 is 11.1 Å². The molecular formula is C16H19BrN2. The summed E-state index contributed by atoms with van der Waals surface area (Å²) < 4.78 is 1.14. The lowest BCUT2D eigenvalue weighted by Crippen LogP contribution is -2.28. The third-order valence-electron chi connectivity index (χ3n) is 3.28. The maximum atomic E-state index is 5.95. The van der Waals surface area contributed by atoms with Crippen molar-refractivity contribution in [1.82, 2.24) is 0 Å². The van der Waals surface area contributed by atoms with Crippen LogP contribution >= 0.6 is 15.9 Å². The highest BCUT2D eigenvalue weighted by Crippen LogP contribution is 2.30. The zero-order chi connectivity index (χ0) is 13.9. The Balaban J connectivity index is 2.14. The molecule has 0 aliphatic rings. The highest BCUT2D eigenvalue weighted by molar-refractivity contribution is 9.10. The second kappa shape index (κ2) is 5.66. The quantitative estimate of drug-likeness (QED) is 0.819. The zero-order valence-electron chi connectivity index (χ0n) is 11.3. The molecule has 0 atom stereocenters. The number of halogens is 1. The highest BCUT2D eigenvalue weighted by Gasteiger charge is 2.22. The Hall–Kier alpha value is -1.48. The van der Waals surface area contributed by atoms with Crippen LogP contribution in [0, 0.1) is 0 Å². The van der Waals surface area contributed by atoms with E-state index < -0.39 is 0 Å². The molecule has 0 unspecified atom stereocenters. The average Bonchev–Trinajstić information content (AvgIpc) is 2.38. The highest BCUT2D eigenvalue weighted by atomic mass is 79.9. The van der Waals surface area contributed by atoms with E-state index in [1.54, 1.807) is 0 Å². The smallest absolute Gasteiger partial charge is 0.0574 e. The second-order valence-electron chi connectivity index (χ2n) is 5.30. The van der Waals surface area contributed by atoms with Gasteiger partial charge in [-0.2, -0.15) is 0 Å². The molecule has 0 aliphatic heterocycles. The second-order valence-corrected chi connectivity index (χ2v) is 6.16. The van der Waals surface area contributed by atoms with Crippen molar-refractivity contribution in [2.45, 2.75) is 19.3 Å². The number of nitrogen functional groups attached to an aromatic ring is 1. The predicted molar refractivity (Wildman–Crippen MR) is 86.5 cm³/mol. The summed E-state index contributed by atoms with van der Waals surface area (Å²) in [6.07, 6.45) is 0. The Bertz CT molecular complexity index is 564. The fourth-order valence-electron chi connectivity index (χ4n) is 2.08. The summed E-state index contributed by atoms with van der Waals surface area (Å²) in [4.78, 5) is 0. The van der Waals surface area contributed by atoms with Crippen LogP contribution in [0.15, 0.2) is 53.0 Å². The third kappa shape index (κ3) is 3.29. The van der Waals surface area contributed by atoms with Gasteiger partial charge in [-0.15, -0.1) is 0 Å². The van der Waals surface area contributed by atoms with Gasteiger partial charge in [0.05, 0.1) is 11.4 Å². The maximum Gasteiger partial charge on any atom is 0.0574 e. The Morgan fingerprint density at radius 1 is 1.05 bits per heavy atom. The minimum absolute atomic E-state index is 0.0162. The summed E-state index contributed by atoms with van der Waals surface area (Å²) in [5, 5.41) is 3.43. The molecule has 0 aliphatic carbocycles. The van der Waals surface area contributed by atoms with Gasteiger partial charge < -0.3 is 11.1 Å². The van der Waals surface area contributed by atoms with Gasteiger partial charge >= 0.3 is 0 Å². The molecule has 2 aromatic carbocycles. The monoisotopic (exact) mass is 318 g/mol. The normalized spacial score (nSPS) is 11.3. The first-order valence-electron chi connectivity index (χ1n) is 6.34. The molecule has 100 valence electrons. The third-order valence-corrected chi connectivity index (χ3v) is 3.98. The van der Waals surface area contributed by atoms with Gasteiger partial charge in [0.15, 0.2) is 0 Å². The van der Waals surface area contributed by atoms with Crippen LogP contribution in [-0.4, -0.2) is 6.54 Å². The Morgan fingerprint density at radius 2 is 1.68 bits per heavy atom. The van der Waals surface area contributed by atoms with E-state index in [1.807, 2.05) is 30.3 Å². The molecule has 2 nitrogen and oxygen atoms in total. The lowest BCUT2D eigenvalue weighted by molar-refractivity contribution is 0.554. The first-order valence-corrected chi connectivity index (χ1v) is 7.13. The average molecular weight is 319 g/mol. The van der Waals surface area contributed by atoms with E-state index in [1.165, 1.54) is 5.56 Å². The van der Waals surface area contributed by atoms with Crippen LogP contribution in [0.2, 0.25) is 0 Å². The molecule has 0 fully saturated rings.